The van der Waals surface area contributed by atoms with Crippen LogP contribution in [0.3, 0.4) is 0 Å². The molecule has 1 unspecified atom stereocenters. The molecule has 3 rings (SSSR count). The average Bonchev–Trinajstić information content (AvgIpc) is 2.88. The SMILES string of the molecule is COc1ccc2nc(SC(C)c3cccc(N)c3)[nH]c2c1. The zero-order valence-electron chi connectivity index (χ0n) is 12.0. The van der Waals surface area contributed by atoms with Crippen LogP contribution in [0.4, 0.5) is 5.69 Å². The van der Waals surface area contributed by atoms with Crippen molar-refractivity contribution in [2.24, 2.45) is 0 Å². The highest BCUT2D eigenvalue weighted by Gasteiger charge is 2.11. The van der Waals surface area contributed by atoms with Crippen molar-refractivity contribution in [3.8, 4) is 5.75 Å². The van der Waals surface area contributed by atoms with Crippen molar-refractivity contribution >= 4 is 28.5 Å². The predicted molar refractivity (Wildman–Crippen MR) is 87.8 cm³/mol. The smallest absolute Gasteiger partial charge is 0.166 e. The molecule has 3 N–H and O–H groups in total. The van der Waals surface area contributed by atoms with Gasteiger partial charge in [0.25, 0.3) is 0 Å². The number of nitrogens with one attached hydrogen (secondary N) is 1. The molecular formula is C16H17N3OS. The highest BCUT2D eigenvalue weighted by atomic mass is 32.2. The van der Waals surface area contributed by atoms with Gasteiger partial charge < -0.3 is 15.5 Å². The monoisotopic (exact) mass is 299 g/mol. The van der Waals surface area contributed by atoms with Crippen LogP contribution in [0.5, 0.6) is 5.75 Å². The van der Waals surface area contributed by atoms with Crippen LogP contribution in [0.1, 0.15) is 17.7 Å². The molecule has 108 valence electrons. The maximum atomic E-state index is 5.84. The Morgan fingerprint density at radius 3 is 2.86 bits per heavy atom. The van der Waals surface area contributed by atoms with E-state index in [-0.39, 0.29) is 5.25 Å². The highest BCUT2D eigenvalue weighted by molar-refractivity contribution is 7.99. The number of methoxy groups -OCH3 is 1. The number of nitrogens with two attached hydrogens (primary N) is 1. The molecule has 21 heavy (non-hydrogen) atoms. The van der Waals surface area contributed by atoms with Gasteiger partial charge in [-0.25, -0.2) is 4.98 Å². The summed E-state index contributed by atoms with van der Waals surface area (Å²) in [5.41, 5.74) is 9.74. The topological polar surface area (TPSA) is 63.9 Å². The Balaban J connectivity index is 1.84. The number of hydrogen-bond acceptors (Lipinski definition) is 4. The maximum absolute atomic E-state index is 5.84. The van der Waals surface area contributed by atoms with Crippen molar-refractivity contribution in [3.05, 3.63) is 48.0 Å². The van der Waals surface area contributed by atoms with E-state index >= 15 is 0 Å². The van der Waals surface area contributed by atoms with E-state index in [9.17, 15) is 0 Å². The van der Waals surface area contributed by atoms with Crippen LogP contribution in [0.25, 0.3) is 11.0 Å². The molecule has 0 aliphatic heterocycles. The zero-order chi connectivity index (χ0) is 14.8. The first-order chi connectivity index (χ1) is 10.2. The molecule has 4 nitrogen and oxygen atoms in total. The van der Waals surface area contributed by atoms with Gasteiger partial charge in [-0.15, -0.1) is 0 Å². The quantitative estimate of drug-likeness (QED) is 0.564. The second-order valence-corrected chi connectivity index (χ2v) is 6.18. The summed E-state index contributed by atoms with van der Waals surface area (Å²) in [6, 6.07) is 13.8. The molecule has 0 saturated carbocycles. The fourth-order valence-corrected chi connectivity index (χ4v) is 3.13. The molecule has 5 heteroatoms. The normalized spacial score (nSPS) is 12.5. The Hall–Kier alpha value is -2.14. The molecular weight excluding hydrogens is 282 g/mol. The summed E-state index contributed by atoms with van der Waals surface area (Å²) in [6.07, 6.45) is 0. The van der Waals surface area contributed by atoms with Gasteiger partial charge in [0.05, 0.1) is 18.1 Å². The van der Waals surface area contributed by atoms with Gasteiger partial charge in [-0.3, -0.25) is 0 Å². The molecule has 0 bridgehead atoms. The van der Waals surface area contributed by atoms with E-state index in [0.717, 1.165) is 27.6 Å². The Morgan fingerprint density at radius 2 is 2.10 bits per heavy atom. The predicted octanol–water partition coefficient (Wildman–Crippen LogP) is 4.01. The minimum atomic E-state index is 0.274. The number of anilines is 1. The van der Waals surface area contributed by atoms with Crippen molar-refractivity contribution in [3.63, 3.8) is 0 Å². The van der Waals surface area contributed by atoms with Gasteiger partial charge in [0.2, 0.25) is 0 Å². The van der Waals surface area contributed by atoms with Crippen LogP contribution in [0.2, 0.25) is 0 Å². The van der Waals surface area contributed by atoms with Crippen molar-refractivity contribution in [1.82, 2.24) is 9.97 Å². The van der Waals surface area contributed by atoms with Gasteiger partial charge in [0, 0.05) is 17.0 Å². The summed E-state index contributed by atoms with van der Waals surface area (Å²) in [5, 5.41) is 1.17. The number of hydrogen-bond donors (Lipinski definition) is 2. The second kappa shape index (κ2) is 5.69. The molecule has 2 aromatic carbocycles. The van der Waals surface area contributed by atoms with Crippen LogP contribution in [-0.2, 0) is 0 Å². The Bertz CT molecular complexity index is 769. The average molecular weight is 299 g/mol. The van der Waals surface area contributed by atoms with E-state index < -0.39 is 0 Å². The molecule has 0 saturated heterocycles. The van der Waals surface area contributed by atoms with Crippen molar-refractivity contribution in [2.75, 3.05) is 12.8 Å². The number of benzene rings is 2. The number of H-pyrrole nitrogens is 1. The van der Waals surface area contributed by atoms with E-state index in [4.69, 9.17) is 10.5 Å². The molecule has 0 radical (unpaired) electrons. The first-order valence-corrected chi connectivity index (χ1v) is 7.59. The fraction of sp³-hybridized carbons (Fsp3) is 0.188. The standard InChI is InChI=1S/C16H17N3OS/c1-10(11-4-3-5-12(17)8-11)21-16-18-14-7-6-13(20-2)9-15(14)19-16/h3-10H,17H2,1-2H3,(H,18,19). The first kappa shape index (κ1) is 13.8. The van der Waals surface area contributed by atoms with E-state index in [1.165, 1.54) is 5.56 Å². The zero-order valence-corrected chi connectivity index (χ0v) is 12.8. The number of imidazole rings is 1. The number of nitrogens with zero attached hydrogens (tertiary/aromatic N) is 1. The Morgan fingerprint density at radius 1 is 1.24 bits per heavy atom. The lowest BCUT2D eigenvalue weighted by Crippen LogP contribution is -1.92. The number of aromatic amines is 1. The lowest BCUT2D eigenvalue weighted by molar-refractivity contribution is 0.415. The number of nitrogen functional groups attached to an aromatic ring is 1. The number of thioether (sulfide) groups is 1. The summed E-state index contributed by atoms with van der Waals surface area (Å²) >= 11 is 1.68. The van der Waals surface area contributed by atoms with Gasteiger partial charge in [0.15, 0.2) is 5.16 Å². The summed E-state index contributed by atoms with van der Waals surface area (Å²) in [6.45, 7) is 2.15. The first-order valence-electron chi connectivity index (χ1n) is 6.71. The Kier molecular flexibility index (Phi) is 3.75. The molecule has 0 aliphatic rings. The number of fused-ring (bicyclic) bond motifs is 1. The van der Waals surface area contributed by atoms with E-state index in [0.29, 0.717) is 0 Å². The number of ether oxygens (including phenoxy) is 1. The van der Waals surface area contributed by atoms with Crippen LogP contribution < -0.4 is 10.5 Å². The third-order valence-corrected chi connectivity index (χ3v) is 4.38. The van der Waals surface area contributed by atoms with Gasteiger partial charge in [-0.1, -0.05) is 23.9 Å². The summed E-state index contributed by atoms with van der Waals surface area (Å²) in [5.74, 6) is 0.826. The summed E-state index contributed by atoms with van der Waals surface area (Å²) in [7, 11) is 1.66. The molecule has 1 atom stereocenters. The van der Waals surface area contributed by atoms with Crippen molar-refractivity contribution in [1.29, 1.82) is 0 Å². The third kappa shape index (κ3) is 2.97. The van der Waals surface area contributed by atoms with Gasteiger partial charge in [-0.05, 0) is 36.8 Å². The lowest BCUT2D eigenvalue weighted by Gasteiger charge is -2.10. The Labute approximate surface area is 127 Å². The van der Waals surface area contributed by atoms with Crippen LogP contribution in [0, 0.1) is 0 Å². The molecule has 0 spiro atoms. The molecule has 3 aromatic rings. The number of rotatable bonds is 4. The maximum Gasteiger partial charge on any atom is 0.166 e. The van der Waals surface area contributed by atoms with E-state index in [2.05, 4.69) is 23.0 Å². The fourth-order valence-electron chi connectivity index (χ4n) is 2.20. The minimum Gasteiger partial charge on any atom is -0.497 e. The third-order valence-electron chi connectivity index (χ3n) is 3.34. The minimum absolute atomic E-state index is 0.274. The van der Waals surface area contributed by atoms with Crippen LogP contribution >= 0.6 is 11.8 Å². The highest BCUT2D eigenvalue weighted by Crippen LogP contribution is 2.35. The number of aromatic nitrogens is 2. The molecule has 0 aliphatic carbocycles. The second-order valence-electron chi connectivity index (χ2n) is 4.86. The summed E-state index contributed by atoms with van der Waals surface area (Å²) in [4.78, 5) is 7.92. The van der Waals surface area contributed by atoms with E-state index in [1.54, 1.807) is 18.9 Å². The molecule has 1 heterocycles. The van der Waals surface area contributed by atoms with Gasteiger partial charge in [-0.2, -0.15) is 0 Å². The largest absolute Gasteiger partial charge is 0.497 e. The van der Waals surface area contributed by atoms with Crippen LogP contribution in [-0.4, -0.2) is 17.1 Å². The summed E-state index contributed by atoms with van der Waals surface area (Å²) < 4.78 is 5.23. The van der Waals surface area contributed by atoms with Crippen molar-refractivity contribution in [2.45, 2.75) is 17.3 Å². The van der Waals surface area contributed by atoms with E-state index in [1.807, 2.05) is 36.4 Å². The van der Waals surface area contributed by atoms with Gasteiger partial charge in [0.1, 0.15) is 5.75 Å². The lowest BCUT2D eigenvalue weighted by atomic mass is 10.1. The molecule has 0 fully saturated rings. The van der Waals surface area contributed by atoms with Crippen molar-refractivity contribution < 1.29 is 4.74 Å². The molecule has 1 aromatic heterocycles. The molecule has 0 amide bonds. The van der Waals surface area contributed by atoms with Crippen LogP contribution in [0.15, 0.2) is 47.6 Å². The van der Waals surface area contributed by atoms with Gasteiger partial charge >= 0.3 is 0 Å².